The zero-order chi connectivity index (χ0) is 16.2. The van der Waals surface area contributed by atoms with Crippen molar-refractivity contribution in [2.24, 2.45) is 5.73 Å². The van der Waals surface area contributed by atoms with Crippen molar-refractivity contribution in [1.82, 2.24) is 4.98 Å². The van der Waals surface area contributed by atoms with Crippen LogP contribution in [0, 0.1) is 0 Å². The van der Waals surface area contributed by atoms with E-state index in [9.17, 15) is 4.79 Å². The molecule has 0 spiro atoms. The number of hydrogen-bond acceptors (Lipinski definition) is 5. The highest BCUT2D eigenvalue weighted by atomic mass is 32.1. The maximum Gasteiger partial charge on any atom is 0.350 e. The minimum Gasteiger partial charge on any atom is -0.465 e. The second kappa shape index (κ2) is 6.73. The largest absolute Gasteiger partial charge is 0.465 e. The summed E-state index contributed by atoms with van der Waals surface area (Å²) < 4.78 is 4.91. The highest BCUT2D eigenvalue weighted by molar-refractivity contribution is 7.17. The molecule has 0 aliphatic rings. The van der Waals surface area contributed by atoms with Crippen LogP contribution in [-0.4, -0.2) is 18.1 Å². The summed E-state index contributed by atoms with van der Waals surface area (Å²) in [6, 6.07) is 17.5. The predicted octanol–water partition coefficient (Wildman–Crippen LogP) is 3.72. The summed E-state index contributed by atoms with van der Waals surface area (Å²) in [6.45, 7) is 0.421. The topological polar surface area (TPSA) is 65.2 Å². The molecule has 0 saturated heterocycles. The Kier molecular flexibility index (Phi) is 4.50. The number of rotatable bonds is 4. The highest BCUT2D eigenvalue weighted by Gasteiger charge is 2.21. The first-order valence-electron chi connectivity index (χ1n) is 7.17. The number of carbonyl (C=O) groups is 1. The maximum absolute atomic E-state index is 12.1. The van der Waals surface area contributed by atoms with E-state index < -0.39 is 0 Å². The third-order valence-electron chi connectivity index (χ3n) is 3.51. The number of aromatic nitrogens is 1. The van der Waals surface area contributed by atoms with Crippen LogP contribution >= 0.6 is 11.3 Å². The van der Waals surface area contributed by atoms with Gasteiger partial charge in [-0.15, -0.1) is 11.3 Å². The van der Waals surface area contributed by atoms with Gasteiger partial charge in [0.25, 0.3) is 0 Å². The molecule has 0 saturated carbocycles. The van der Waals surface area contributed by atoms with Gasteiger partial charge < -0.3 is 10.5 Å². The lowest BCUT2D eigenvalue weighted by atomic mass is 10.1. The number of nitrogens with zero attached hydrogens (tertiary/aromatic N) is 1. The zero-order valence-electron chi connectivity index (χ0n) is 12.7. The number of methoxy groups -OCH3 is 1. The zero-order valence-corrected chi connectivity index (χ0v) is 13.5. The van der Waals surface area contributed by atoms with Crippen LogP contribution in [0.2, 0.25) is 0 Å². The molecule has 0 aliphatic heterocycles. The van der Waals surface area contributed by atoms with Gasteiger partial charge in [-0.1, -0.05) is 54.6 Å². The molecule has 116 valence electrons. The molecular weight excluding hydrogens is 308 g/mol. The fourth-order valence-corrected chi connectivity index (χ4v) is 3.43. The molecule has 23 heavy (non-hydrogen) atoms. The Morgan fingerprint density at radius 2 is 1.83 bits per heavy atom. The first kappa shape index (κ1) is 15.4. The van der Waals surface area contributed by atoms with Gasteiger partial charge in [-0.2, -0.15) is 0 Å². The van der Waals surface area contributed by atoms with Gasteiger partial charge in [-0.05, 0) is 5.56 Å². The van der Waals surface area contributed by atoms with Crippen LogP contribution in [-0.2, 0) is 11.3 Å². The molecule has 3 aromatic rings. The molecule has 5 heteroatoms. The number of nitrogens with two attached hydrogens (primary N) is 1. The molecule has 2 N–H and O–H groups in total. The van der Waals surface area contributed by atoms with Crippen molar-refractivity contribution in [3.8, 4) is 21.8 Å². The maximum atomic E-state index is 12.1. The Balaban J connectivity index is 2.17. The van der Waals surface area contributed by atoms with Crippen LogP contribution in [0.15, 0.2) is 54.6 Å². The number of benzene rings is 2. The van der Waals surface area contributed by atoms with Gasteiger partial charge in [0.05, 0.1) is 12.8 Å². The van der Waals surface area contributed by atoms with Crippen LogP contribution in [0.4, 0.5) is 0 Å². The van der Waals surface area contributed by atoms with Gasteiger partial charge in [0, 0.05) is 17.7 Å². The van der Waals surface area contributed by atoms with Crippen LogP contribution in [0.5, 0.6) is 0 Å². The predicted molar refractivity (Wildman–Crippen MR) is 92.2 cm³/mol. The number of esters is 1. The van der Waals surface area contributed by atoms with E-state index in [4.69, 9.17) is 15.5 Å². The summed E-state index contributed by atoms with van der Waals surface area (Å²) >= 11 is 1.33. The Hall–Kier alpha value is -2.50. The lowest BCUT2D eigenvalue weighted by Crippen LogP contribution is -2.00. The smallest absolute Gasteiger partial charge is 0.350 e. The number of hydrogen-bond donors (Lipinski definition) is 1. The second-order valence-electron chi connectivity index (χ2n) is 4.92. The molecule has 1 heterocycles. The van der Waals surface area contributed by atoms with E-state index in [1.54, 1.807) is 0 Å². The van der Waals surface area contributed by atoms with Gasteiger partial charge in [-0.25, -0.2) is 9.78 Å². The van der Waals surface area contributed by atoms with Crippen molar-refractivity contribution in [2.45, 2.75) is 6.54 Å². The first-order valence-corrected chi connectivity index (χ1v) is 7.99. The van der Waals surface area contributed by atoms with Crippen molar-refractivity contribution in [2.75, 3.05) is 7.11 Å². The molecule has 0 unspecified atom stereocenters. The third-order valence-corrected chi connectivity index (χ3v) is 4.58. The molecule has 0 fully saturated rings. The van der Waals surface area contributed by atoms with Crippen molar-refractivity contribution in [3.63, 3.8) is 0 Å². The normalized spacial score (nSPS) is 10.5. The van der Waals surface area contributed by atoms with Crippen LogP contribution in [0.1, 0.15) is 15.2 Å². The van der Waals surface area contributed by atoms with Crippen LogP contribution < -0.4 is 5.73 Å². The van der Waals surface area contributed by atoms with Gasteiger partial charge in [0.2, 0.25) is 0 Å². The number of carbonyl (C=O) groups excluding carboxylic acids is 1. The van der Waals surface area contributed by atoms with E-state index in [1.807, 2.05) is 54.6 Å². The van der Waals surface area contributed by atoms with Gasteiger partial charge in [0.1, 0.15) is 9.88 Å². The summed E-state index contributed by atoms with van der Waals surface area (Å²) in [5.41, 5.74) is 9.30. The lowest BCUT2D eigenvalue weighted by Gasteiger charge is -2.03. The minimum absolute atomic E-state index is 0.377. The summed E-state index contributed by atoms with van der Waals surface area (Å²) in [5.74, 6) is -0.377. The van der Waals surface area contributed by atoms with E-state index in [1.165, 1.54) is 18.4 Å². The van der Waals surface area contributed by atoms with Crippen LogP contribution in [0.3, 0.4) is 0 Å². The Morgan fingerprint density at radius 1 is 1.13 bits per heavy atom. The monoisotopic (exact) mass is 324 g/mol. The molecular formula is C18H16N2O2S. The van der Waals surface area contributed by atoms with E-state index in [2.05, 4.69) is 0 Å². The number of thiazole rings is 1. The number of ether oxygens (including phenoxy) is 1. The summed E-state index contributed by atoms with van der Waals surface area (Å²) in [4.78, 5) is 17.3. The molecule has 0 amide bonds. The molecule has 2 aromatic carbocycles. The summed E-state index contributed by atoms with van der Waals surface area (Å²) in [7, 11) is 1.38. The Labute approximate surface area is 138 Å². The van der Waals surface area contributed by atoms with Crippen molar-refractivity contribution in [3.05, 3.63) is 65.0 Å². The average Bonchev–Trinajstić information content (AvgIpc) is 3.07. The standard InChI is InChI=1S/C18H16N2O2S/c1-22-18(21)16-15(12-7-3-2-4-8-12)20-17(23-16)14-10-6-5-9-13(14)11-19/h2-10H,11,19H2,1H3. The van der Waals surface area contributed by atoms with E-state index in [0.29, 0.717) is 17.1 Å². The minimum atomic E-state index is -0.377. The molecule has 1 aromatic heterocycles. The van der Waals surface area contributed by atoms with Gasteiger partial charge in [-0.3, -0.25) is 0 Å². The van der Waals surface area contributed by atoms with Crippen molar-refractivity contribution < 1.29 is 9.53 Å². The summed E-state index contributed by atoms with van der Waals surface area (Å²) in [6.07, 6.45) is 0. The summed E-state index contributed by atoms with van der Waals surface area (Å²) in [5, 5.41) is 0.769. The Morgan fingerprint density at radius 3 is 2.52 bits per heavy atom. The molecule has 0 atom stereocenters. The second-order valence-corrected chi connectivity index (χ2v) is 5.91. The van der Waals surface area contributed by atoms with E-state index in [-0.39, 0.29) is 5.97 Å². The molecule has 4 nitrogen and oxygen atoms in total. The Bertz CT molecular complexity index is 828. The van der Waals surface area contributed by atoms with Gasteiger partial charge in [0.15, 0.2) is 0 Å². The van der Waals surface area contributed by atoms with E-state index in [0.717, 1.165) is 21.7 Å². The fraction of sp³-hybridized carbons (Fsp3) is 0.111. The molecule has 0 radical (unpaired) electrons. The third kappa shape index (κ3) is 3.02. The van der Waals surface area contributed by atoms with Crippen molar-refractivity contribution in [1.29, 1.82) is 0 Å². The quantitative estimate of drug-likeness (QED) is 0.743. The first-order chi connectivity index (χ1) is 11.2. The fourth-order valence-electron chi connectivity index (χ4n) is 2.37. The average molecular weight is 324 g/mol. The van der Waals surface area contributed by atoms with E-state index >= 15 is 0 Å². The SMILES string of the molecule is COC(=O)c1sc(-c2ccccc2CN)nc1-c1ccccc1. The van der Waals surface area contributed by atoms with Gasteiger partial charge >= 0.3 is 5.97 Å². The van der Waals surface area contributed by atoms with Crippen molar-refractivity contribution >= 4 is 17.3 Å². The molecule has 0 aliphatic carbocycles. The molecule has 0 bridgehead atoms. The van der Waals surface area contributed by atoms with Crippen LogP contribution in [0.25, 0.3) is 21.8 Å². The lowest BCUT2D eigenvalue weighted by molar-refractivity contribution is 0.0607. The molecule has 3 rings (SSSR count). The highest BCUT2D eigenvalue weighted by Crippen LogP contribution is 2.35.